The lowest BCUT2D eigenvalue weighted by Crippen LogP contribution is -1.97. The van der Waals surface area contributed by atoms with E-state index < -0.39 is 0 Å². The number of hydrogen-bond donors (Lipinski definition) is 2. The maximum Gasteiger partial charge on any atom is 0.205 e. The van der Waals surface area contributed by atoms with Crippen molar-refractivity contribution < 1.29 is 4.74 Å². The van der Waals surface area contributed by atoms with E-state index in [0.717, 1.165) is 24.2 Å². The predicted octanol–water partition coefficient (Wildman–Crippen LogP) is 3.24. The zero-order chi connectivity index (χ0) is 15.6. The van der Waals surface area contributed by atoms with Crippen molar-refractivity contribution in [2.45, 2.75) is 19.3 Å². The molecule has 0 aliphatic rings. The lowest BCUT2D eigenvalue weighted by molar-refractivity contribution is 0.307. The van der Waals surface area contributed by atoms with Crippen molar-refractivity contribution in [3.63, 3.8) is 0 Å². The van der Waals surface area contributed by atoms with Gasteiger partial charge in [0.1, 0.15) is 11.6 Å². The van der Waals surface area contributed by atoms with Gasteiger partial charge in [0.2, 0.25) is 5.13 Å². The minimum Gasteiger partial charge on any atom is -0.494 e. The van der Waals surface area contributed by atoms with E-state index in [9.17, 15) is 0 Å². The SMILES string of the molecule is N#CCCCCOc1ccc(C=NNc2nc(N)cs2)cc1. The van der Waals surface area contributed by atoms with Gasteiger partial charge in [-0.05, 0) is 42.7 Å². The Morgan fingerprint density at radius 3 is 2.86 bits per heavy atom. The van der Waals surface area contributed by atoms with Crippen molar-refractivity contribution in [2.24, 2.45) is 5.10 Å². The van der Waals surface area contributed by atoms with E-state index in [0.29, 0.717) is 24.0 Å². The van der Waals surface area contributed by atoms with E-state index in [1.54, 1.807) is 11.6 Å². The van der Waals surface area contributed by atoms with Gasteiger partial charge in [-0.1, -0.05) is 0 Å². The van der Waals surface area contributed by atoms with Crippen LogP contribution >= 0.6 is 11.3 Å². The molecule has 6 nitrogen and oxygen atoms in total. The lowest BCUT2D eigenvalue weighted by Gasteiger charge is -2.05. The summed E-state index contributed by atoms with van der Waals surface area (Å²) in [6, 6.07) is 9.76. The highest BCUT2D eigenvalue weighted by molar-refractivity contribution is 7.14. The number of nitrogens with zero attached hydrogens (tertiary/aromatic N) is 3. The first-order valence-electron chi connectivity index (χ1n) is 6.88. The van der Waals surface area contributed by atoms with Crippen LogP contribution in [0.2, 0.25) is 0 Å². The molecule has 0 aliphatic carbocycles. The van der Waals surface area contributed by atoms with Crippen LogP contribution in [-0.2, 0) is 0 Å². The smallest absolute Gasteiger partial charge is 0.205 e. The Balaban J connectivity index is 1.75. The maximum atomic E-state index is 8.44. The van der Waals surface area contributed by atoms with Gasteiger partial charge >= 0.3 is 0 Å². The number of nitrogen functional groups attached to an aromatic ring is 1. The summed E-state index contributed by atoms with van der Waals surface area (Å²) in [5, 5.41) is 14.9. The molecule has 7 heteroatoms. The van der Waals surface area contributed by atoms with Crippen molar-refractivity contribution >= 4 is 28.5 Å². The summed E-state index contributed by atoms with van der Waals surface area (Å²) in [6.45, 7) is 0.627. The number of anilines is 2. The second-order valence-corrected chi connectivity index (χ2v) is 5.34. The molecular weight excluding hydrogens is 298 g/mol. The first kappa shape index (κ1) is 15.8. The number of nitriles is 1. The molecule has 0 fully saturated rings. The number of ether oxygens (including phenoxy) is 1. The van der Waals surface area contributed by atoms with Crippen molar-refractivity contribution in [1.82, 2.24) is 4.98 Å². The molecule has 1 heterocycles. The third kappa shape index (κ3) is 5.42. The molecule has 0 aliphatic heterocycles. The standard InChI is InChI=1S/C15H17N5OS/c16-8-2-1-3-9-21-13-6-4-12(5-7-13)10-18-20-15-19-14(17)11-22-15/h4-7,10-11H,1-3,9,17H2,(H,19,20). The summed E-state index contributed by atoms with van der Waals surface area (Å²) in [6.07, 6.45) is 4.04. The first-order chi connectivity index (χ1) is 10.8. The van der Waals surface area contributed by atoms with Crippen LogP contribution < -0.4 is 15.9 Å². The molecule has 1 aromatic heterocycles. The van der Waals surface area contributed by atoms with Crippen LogP contribution in [0.5, 0.6) is 5.75 Å². The number of hydrogen-bond acceptors (Lipinski definition) is 7. The van der Waals surface area contributed by atoms with E-state index in [1.807, 2.05) is 24.3 Å². The van der Waals surface area contributed by atoms with Crippen molar-refractivity contribution in [2.75, 3.05) is 17.8 Å². The number of hydrazone groups is 1. The Morgan fingerprint density at radius 2 is 2.18 bits per heavy atom. The highest BCUT2D eigenvalue weighted by Crippen LogP contribution is 2.16. The predicted molar refractivity (Wildman–Crippen MR) is 89.1 cm³/mol. The van der Waals surface area contributed by atoms with Crippen LogP contribution in [0.1, 0.15) is 24.8 Å². The Labute approximate surface area is 133 Å². The average molecular weight is 315 g/mol. The second-order valence-electron chi connectivity index (χ2n) is 4.48. The molecule has 2 aromatic rings. The number of thiazole rings is 1. The molecule has 0 spiro atoms. The summed E-state index contributed by atoms with van der Waals surface area (Å²) < 4.78 is 5.59. The topological polar surface area (TPSA) is 96.3 Å². The third-order valence-corrected chi connectivity index (χ3v) is 3.49. The van der Waals surface area contributed by atoms with Crippen LogP contribution in [0.4, 0.5) is 10.9 Å². The van der Waals surface area contributed by atoms with Gasteiger partial charge in [0.25, 0.3) is 0 Å². The number of unbranched alkanes of at least 4 members (excludes halogenated alkanes) is 2. The largest absolute Gasteiger partial charge is 0.494 e. The van der Waals surface area contributed by atoms with Gasteiger partial charge in [-0.2, -0.15) is 10.4 Å². The number of benzene rings is 1. The monoisotopic (exact) mass is 315 g/mol. The molecule has 22 heavy (non-hydrogen) atoms. The fraction of sp³-hybridized carbons (Fsp3) is 0.267. The van der Waals surface area contributed by atoms with Crippen LogP contribution in [0, 0.1) is 11.3 Å². The van der Waals surface area contributed by atoms with Crippen molar-refractivity contribution in [1.29, 1.82) is 5.26 Å². The molecule has 0 radical (unpaired) electrons. The Morgan fingerprint density at radius 1 is 1.36 bits per heavy atom. The fourth-order valence-electron chi connectivity index (χ4n) is 1.65. The summed E-state index contributed by atoms with van der Waals surface area (Å²) in [4.78, 5) is 4.04. The Bertz CT molecular complexity index is 645. The molecule has 0 atom stereocenters. The lowest BCUT2D eigenvalue weighted by atomic mass is 10.2. The molecule has 2 rings (SSSR count). The summed E-state index contributed by atoms with van der Waals surface area (Å²) >= 11 is 1.40. The van der Waals surface area contributed by atoms with E-state index in [-0.39, 0.29) is 0 Å². The first-order valence-corrected chi connectivity index (χ1v) is 7.76. The summed E-state index contributed by atoms with van der Waals surface area (Å²) in [5.74, 6) is 1.30. The van der Waals surface area contributed by atoms with Crippen molar-refractivity contribution in [3.8, 4) is 11.8 Å². The van der Waals surface area contributed by atoms with Gasteiger partial charge < -0.3 is 10.5 Å². The molecule has 114 valence electrons. The second kappa shape index (κ2) is 8.64. The molecule has 0 saturated carbocycles. The molecule has 0 unspecified atom stereocenters. The molecule has 1 aromatic carbocycles. The van der Waals surface area contributed by atoms with Gasteiger partial charge in [0.15, 0.2) is 0 Å². The number of nitrogens with one attached hydrogen (secondary N) is 1. The van der Waals surface area contributed by atoms with Gasteiger partial charge in [0, 0.05) is 11.8 Å². The zero-order valence-electron chi connectivity index (χ0n) is 12.0. The van der Waals surface area contributed by atoms with Crippen LogP contribution in [-0.4, -0.2) is 17.8 Å². The quantitative estimate of drug-likeness (QED) is 0.443. The average Bonchev–Trinajstić information content (AvgIpc) is 2.94. The minimum atomic E-state index is 0.485. The maximum absolute atomic E-state index is 8.44. The Hall–Kier alpha value is -2.59. The molecule has 0 saturated heterocycles. The molecular formula is C15H17N5OS. The summed E-state index contributed by atoms with van der Waals surface area (Å²) in [7, 11) is 0. The van der Waals surface area contributed by atoms with E-state index >= 15 is 0 Å². The van der Waals surface area contributed by atoms with Crippen LogP contribution in [0.3, 0.4) is 0 Å². The normalized spacial score (nSPS) is 10.5. The minimum absolute atomic E-state index is 0.485. The van der Waals surface area contributed by atoms with Gasteiger partial charge in [-0.25, -0.2) is 4.98 Å². The molecule has 0 amide bonds. The third-order valence-electron chi connectivity index (χ3n) is 2.73. The van der Waals surface area contributed by atoms with E-state index in [2.05, 4.69) is 21.6 Å². The van der Waals surface area contributed by atoms with Crippen LogP contribution in [0.15, 0.2) is 34.7 Å². The highest BCUT2D eigenvalue weighted by atomic mass is 32.1. The number of aromatic nitrogens is 1. The fourth-order valence-corrected chi connectivity index (χ4v) is 2.19. The van der Waals surface area contributed by atoms with Crippen LogP contribution in [0.25, 0.3) is 0 Å². The molecule has 3 N–H and O–H groups in total. The van der Waals surface area contributed by atoms with Crippen molar-refractivity contribution in [3.05, 3.63) is 35.2 Å². The van der Waals surface area contributed by atoms with Gasteiger partial charge in [0.05, 0.1) is 18.9 Å². The van der Waals surface area contributed by atoms with Gasteiger partial charge in [-0.3, -0.25) is 5.43 Å². The van der Waals surface area contributed by atoms with E-state index in [1.165, 1.54) is 11.3 Å². The highest BCUT2D eigenvalue weighted by Gasteiger charge is 1.96. The summed E-state index contributed by atoms with van der Waals surface area (Å²) in [5.41, 5.74) is 9.30. The van der Waals surface area contributed by atoms with Gasteiger partial charge in [-0.15, -0.1) is 11.3 Å². The number of nitrogens with two attached hydrogens (primary N) is 1. The zero-order valence-corrected chi connectivity index (χ0v) is 12.8. The van der Waals surface area contributed by atoms with E-state index in [4.69, 9.17) is 15.7 Å². The Kier molecular flexibility index (Phi) is 6.20. The number of rotatable bonds is 8. The molecule has 0 bridgehead atoms.